The molecule has 5 aliphatic carbocycles. The Labute approximate surface area is 715 Å². The van der Waals surface area contributed by atoms with Crippen molar-refractivity contribution in [3.05, 3.63) is 158 Å². The number of rotatable bonds is 6. The van der Waals surface area contributed by atoms with Gasteiger partial charge in [0.05, 0.1) is 0 Å². The molecule has 10 bridgehead atoms. The fourth-order valence-electron chi connectivity index (χ4n) is 13.8. The molecule has 105 heavy (non-hydrogen) atoms. The fourth-order valence-corrected chi connectivity index (χ4v) is 13.8. The Morgan fingerprint density at radius 2 is 0.619 bits per heavy atom. The Morgan fingerprint density at radius 1 is 0.400 bits per heavy atom. The van der Waals surface area contributed by atoms with Gasteiger partial charge in [-0.2, -0.15) is 36.4 Å². The number of hydrogen-bond donors (Lipinski definition) is 5. The third-order valence-electron chi connectivity index (χ3n) is 19.2. The zero-order valence-corrected chi connectivity index (χ0v) is 74.1. The first-order valence-electron chi connectivity index (χ1n) is 37.1. The van der Waals surface area contributed by atoms with Gasteiger partial charge in [0.1, 0.15) is 5.78 Å². The molecule has 5 aromatic carbocycles. The Bertz CT molecular complexity index is 2620. The third kappa shape index (κ3) is 41.5. The van der Waals surface area contributed by atoms with E-state index in [0.717, 1.165) is 80.7 Å². The standard InChI is InChI=1S/3C13H18N2.C7H14N2.C7H11NO.C6H7N.C6H5.C4H6O4.C2H3BO2.5C2H6.2CH4.Na.2Pd.Y/c3*1-15-12-7-11(8-13(15)9-12)14-10-5-3-2-4-6-10;1-9-6-2-5(8)3-7(9)4-6;1-8-5-2-6(8)4-7(9)3-5;7-6-4-2-1-3-5-6;1-2-4-6-5-3-1;1-3(5)7-8-4(2)6;1-2(4)5-3;5*1-2;;;;;;/h3*2-6,11-14H,7-9H2,1H3;5-7H,2-4,8H2,1H3;5-6H,2-4H2,1H3;1-5H,7H2;1-5H;1-2H3;1H3;5*1-2H3;2*1H4;;;;/q;;;;;;-1;;-1;;;;;;;;+1;;;. The molecule has 20 rings (SSSR count). The average molecular weight is 1720 g/mol. The van der Waals surface area contributed by atoms with Crippen molar-refractivity contribution in [3.63, 3.8) is 0 Å². The van der Waals surface area contributed by atoms with Gasteiger partial charge in [0, 0.05) is 215 Å². The Kier molecular flexibility index (Phi) is 67.5. The minimum absolute atomic E-state index is 0. The van der Waals surface area contributed by atoms with Crippen molar-refractivity contribution < 1.29 is 137 Å². The first-order valence-corrected chi connectivity index (χ1v) is 37.1. The van der Waals surface area contributed by atoms with Gasteiger partial charge in [-0.3, -0.25) is 14.5 Å². The summed E-state index contributed by atoms with van der Waals surface area (Å²) < 4.78 is 3.61. The number of nitrogens with zero attached hydrogens (tertiary/aromatic N) is 5. The maximum atomic E-state index is 10.8. The van der Waals surface area contributed by atoms with Crippen molar-refractivity contribution in [2.24, 2.45) is 5.73 Å². The molecule has 10 heterocycles. The van der Waals surface area contributed by atoms with Crippen LogP contribution in [0, 0.1) is 6.07 Å². The summed E-state index contributed by atoms with van der Waals surface area (Å²) in [5.41, 5.74) is 15.8. The summed E-state index contributed by atoms with van der Waals surface area (Å²) in [5.74, 6) is -1.28. The van der Waals surface area contributed by atoms with E-state index in [1.165, 1.54) is 107 Å². The largest absolute Gasteiger partial charge is 1.00 e. The van der Waals surface area contributed by atoms with Crippen LogP contribution < -0.4 is 57.0 Å². The van der Waals surface area contributed by atoms with Gasteiger partial charge in [-0.15, -0.1) is 0 Å². The van der Waals surface area contributed by atoms with Crippen LogP contribution in [0.25, 0.3) is 0 Å². The van der Waals surface area contributed by atoms with Gasteiger partial charge in [0.15, 0.2) is 0 Å². The number of nitrogens with two attached hydrogens (primary N) is 2. The molecule has 4 radical (unpaired) electrons. The van der Waals surface area contributed by atoms with Gasteiger partial charge in [-0.25, -0.2) is 19.4 Å². The van der Waals surface area contributed by atoms with Gasteiger partial charge < -0.3 is 59.7 Å². The molecule has 0 spiro atoms. The van der Waals surface area contributed by atoms with Crippen molar-refractivity contribution in [2.75, 3.05) is 56.9 Å². The predicted molar refractivity (Wildman–Crippen MR) is 428 cm³/mol. The summed E-state index contributed by atoms with van der Waals surface area (Å²) in [6.45, 7) is 23.5. The number of para-hydroxylation sites is 4. The van der Waals surface area contributed by atoms with Crippen molar-refractivity contribution >= 4 is 54.5 Å². The number of nitrogens with one attached hydrogen (secondary N) is 3. The average Bonchev–Trinajstić information content (AvgIpc) is 0.810. The van der Waals surface area contributed by atoms with Crippen LogP contribution in [0.15, 0.2) is 152 Å². The van der Waals surface area contributed by atoms with Gasteiger partial charge in [0.25, 0.3) is 0 Å². The number of anilines is 4. The predicted octanol–water partition coefficient (Wildman–Crippen LogP) is 13.4. The molecule has 0 aromatic heterocycles. The van der Waals surface area contributed by atoms with Gasteiger partial charge in [0.2, 0.25) is 5.97 Å². The second-order valence-corrected chi connectivity index (χ2v) is 25.5. The summed E-state index contributed by atoms with van der Waals surface area (Å²) in [7, 11) is 15.4. The molecule has 10 unspecified atom stereocenters. The molecule has 17 nitrogen and oxygen atoms in total. The fraction of sp³-hybridized carbons (Fsp3) is 0.590. The van der Waals surface area contributed by atoms with Crippen LogP contribution >= 0.6 is 0 Å². The number of Topliss-reactive ketones (excluding diaryl/α,β-unsaturated/α-hetero) is 1. The van der Waals surface area contributed by atoms with Crippen LogP contribution in [0.3, 0.4) is 0 Å². The van der Waals surface area contributed by atoms with E-state index in [4.69, 9.17) is 11.5 Å². The minimum Gasteiger partial charge on any atom is -0.793 e. The molecule has 10 saturated heterocycles. The molecule has 22 heteroatoms. The third-order valence-corrected chi connectivity index (χ3v) is 19.2. The molecule has 0 amide bonds. The van der Waals surface area contributed by atoms with Crippen molar-refractivity contribution in [1.82, 2.24) is 24.5 Å². The molecule has 5 aromatic rings. The van der Waals surface area contributed by atoms with Crippen molar-refractivity contribution in [1.29, 1.82) is 0 Å². The van der Waals surface area contributed by atoms with Crippen LogP contribution in [0.2, 0.25) is 0 Å². The number of hydrogen-bond acceptors (Lipinski definition) is 17. The summed E-state index contributed by atoms with van der Waals surface area (Å²) >= 11 is 0. The molecule has 590 valence electrons. The summed E-state index contributed by atoms with van der Waals surface area (Å²) in [4.78, 5) is 60.0. The number of piperidine rings is 5. The van der Waals surface area contributed by atoms with Crippen LogP contribution in [0.5, 0.6) is 0 Å². The molecular weight excluding hydrogens is 1580 g/mol. The van der Waals surface area contributed by atoms with E-state index in [1.807, 2.05) is 130 Å². The normalized spacial score (nSPS) is 25.0. The molecular formula is C83H138BN10NaO7Pd2Y-. The molecule has 10 aliphatic heterocycles. The van der Waals surface area contributed by atoms with E-state index in [9.17, 15) is 19.2 Å². The molecule has 5 saturated carbocycles. The Morgan fingerprint density at radius 3 is 0.781 bits per heavy atom. The molecule has 15 fully saturated rings. The number of nitrogen functional groups attached to an aromatic ring is 1. The second-order valence-electron chi connectivity index (χ2n) is 25.5. The zero-order chi connectivity index (χ0) is 73.8. The van der Waals surface area contributed by atoms with E-state index in [1.54, 1.807) is 0 Å². The van der Waals surface area contributed by atoms with Gasteiger partial charge in [-0.05, 0) is 167 Å². The minimum atomic E-state index is -0.639. The maximum Gasteiger partial charge on any atom is 1.00 e. The van der Waals surface area contributed by atoms with Crippen molar-refractivity contribution in [2.45, 2.75) is 286 Å². The molecule has 15 aliphatic rings. The monoisotopic (exact) mass is 1720 g/mol. The molecule has 7 N–H and O–H groups in total. The van der Waals surface area contributed by atoms with Crippen molar-refractivity contribution in [3.8, 4) is 0 Å². The topological polar surface area (TPSA) is 200 Å². The van der Waals surface area contributed by atoms with Crippen LogP contribution in [0.1, 0.15) is 201 Å². The van der Waals surface area contributed by atoms with E-state index >= 15 is 0 Å². The smallest absolute Gasteiger partial charge is 0.793 e. The summed E-state index contributed by atoms with van der Waals surface area (Å²) in [6.07, 6.45) is 18.9. The van der Waals surface area contributed by atoms with E-state index in [0.29, 0.717) is 42.0 Å². The van der Waals surface area contributed by atoms with Crippen LogP contribution in [-0.4, -0.2) is 176 Å². The quantitative estimate of drug-likeness (QED) is 0.0353. The van der Waals surface area contributed by atoms with E-state index in [-0.39, 0.29) is 118 Å². The van der Waals surface area contributed by atoms with Crippen LogP contribution in [-0.2, 0) is 107 Å². The number of ketones is 1. The number of fused-ring (bicyclic) bond motifs is 10. The second kappa shape index (κ2) is 64.3. The number of carbonyl (C=O) groups is 4. The summed E-state index contributed by atoms with van der Waals surface area (Å²) in [5, 5.41) is 10.9. The summed E-state index contributed by atoms with van der Waals surface area (Å²) in [6, 6.07) is 64.2. The first kappa shape index (κ1) is 110. The number of benzene rings is 5. The van der Waals surface area contributed by atoms with Crippen LogP contribution in [0.4, 0.5) is 22.7 Å². The first-order chi connectivity index (χ1) is 47.8. The zero-order valence-electron chi connectivity index (χ0n) is 66.2. The van der Waals surface area contributed by atoms with Gasteiger partial charge >= 0.3 is 41.5 Å². The van der Waals surface area contributed by atoms with E-state index < -0.39 is 17.9 Å². The van der Waals surface area contributed by atoms with E-state index in [2.05, 4.69) is 195 Å². The Balaban J connectivity index is -0.000000356. The maximum absolute atomic E-state index is 10.8. The SMILES string of the molecule is C.C.CC.CC.CC.CC.CC.CC(=O)OOC(C)=O.CN1C2CC(=O)CC1C2.CN1C2CC(N)CC1C2.CN1C2CC(Nc3ccccc3)CC1C2.CN1C2CC(Nc3ccccc3)CC1C2.CN1C2CC(Nc3ccccc3)CC1C2.Nc1ccccc1.[B-]OC(C)=O.[Na+].[Pd].[Pd].[Y].[c-]1ccccc1. The van der Waals surface area contributed by atoms with Gasteiger partial charge in [-0.1, -0.05) is 157 Å². The molecule has 10 atom stereocenters. The Hall–Kier alpha value is -3.37. The number of carbonyl (C=O) groups excluding carboxylic acids is 4.